The number of hydrogen-bond acceptors (Lipinski definition) is 11. The first kappa shape index (κ1) is 32.1. The molecule has 0 radical (unpaired) electrons. The van der Waals surface area contributed by atoms with Gasteiger partial charge in [0.1, 0.15) is 29.3 Å². The standard InChI is InChI=1S/C26H35ClFN6O7P/c1-6-29-22-20-23(32-17(5)31-22)34(14-30-20)24-19(28)21(35)26(12-27,40-24)13-38-42(37,41-18-10-8-7-9-11-18)33-16(4)25(36)39-15(2)3/h7-11,14-16,19,21,24,35H,6,12-13H2,1-5H3,(H,33,37)(H,29,31,32)/t16-,19+,21-,24+,26+,42+/m0/s1. The lowest BCUT2D eigenvalue weighted by atomic mass is 9.99. The van der Waals surface area contributed by atoms with E-state index in [0.29, 0.717) is 23.7 Å². The molecule has 16 heteroatoms. The Hall–Kier alpha value is -2.87. The third-order valence-electron chi connectivity index (χ3n) is 6.35. The highest BCUT2D eigenvalue weighted by atomic mass is 35.5. The van der Waals surface area contributed by atoms with E-state index in [9.17, 15) is 14.5 Å². The van der Waals surface area contributed by atoms with E-state index in [4.69, 9.17) is 30.1 Å². The molecule has 0 spiro atoms. The first-order chi connectivity index (χ1) is 19.9. The van der Waals surface area contributed by atoms with Gasteiger partial charge in [-0.15, -0.1) is 11.6 Å². The molecule has 0 amide bonds. The Morgan fingerprint density at radius 2 is 2.00 bits per heavy atom. The van der Waals surface area contributed by atoms with Gasteiger partial charge in [0, 0.05) is 6.54 Å². The predicted octanol–water partition coefficient (Wildman–Crippen LogP) is 3.91. The maximum atomic E-state index is 15.7. The van der Waals surface area contributed by atoms with Gasteiger partial charge in [-0.2, -0.15) is 5.09 Å². The van der Waals surface area contributed by atoms with Crippen LogP contribution in [0.3, 0.4) is 0 Å². The second-order valence-corrected chi connectivity index (χ2v) is 12.0. The number of aliphatic hydroxyl groups is 1. The minimum atomic E-state index is -4.36. The van der Waals surface area contributed by atoms with Crippen LogP contribution in [0, 0.1) is 6.92 Å². The third kappa shape index (κ3) is 6.85. The van der Waals surface area contributed by atoms with Crippen molar-refractivity contribution in [1.29, 1.82) is 0 Å². The summed E-state index contributed by atoms with van der Waals surface area (Å²) in [5.74, 6) is -0.0841. The van der Waals surface area contributed by atoms with Gasteiger partial charge in [0.15, 0.2) is 29.4 Å². The van der Waals surface area contributed by atoms with Gasteiger partial charge in [-0.3, -0.25) is 13.9 Å². The molecule has 42 heavy (non-hydrogen) atoms. The zero-order valence-electron chi connectivity index (χ0n) is 23.9. The number of imidazole rings is 1. The van der Waals surface area contributed by atoms with E-state index in [-0.39, 0.29) is 11.4 Å². The fourth-order valence-electron chi connectivity index (χ4n) is 4.33. The zero-order chi connectivity index (χ0) is 30.7. The molecule has 2 aromatic heterocycles. The number of ether oxygens (including phenoxy) is 2. The Labute approximate surface area is 247 Å². The van der Waals surface area contributed by atoms with Crippen molar-refractivity contribution in [2.24, 2.45) is 0 Å². The summed E-state index contributed by atoms with van der Waals surface area (Å²) >= 11 is 6.25. The van der Waals surface area contributed by atoms with Crippen LogP contribution in [-0.2, 0) is 23.4 Å². The number of rotatable bonds is 13. The van der Waals surface area contributed by atoms with Crippen LogP contribution in [0.1, 0.15) is 39.7 Å². The molecule has 0 aliphatic carbocycles. The quantitative estimate of drug-likeness (QED) is 0.143. The number of hydrogen-bond donors (Lipinski definition) is 3. The molecule has 1 aromatic carbocycles. The number of fused-ring (bicyclic) bond motifs is 1. The van der Waals surface area contributed by atoms with E-state index in [1.807, 2.05) is 6.92 Å². The molecule has 3 aromatic rings. The molecule has 1 aliphatic heterocycles. The number of anilines is 1. The molecule has 3 N–H and O–H groups in total. The van der Waals surface area contributed by atoms with E-state index in [0.717, 1.165) is 0 Å². The lowest BCUT2D eigenvalue weighted by Crippen LogP contribution is -2.48. The fourth-order valence-corrected chi connectivity index (χ4v) is 6.18. The van der Waals surface area contributed by atoms with Crippen molar-refractivity contribution >= 4 is 42.3 Å². The number of esters is 1. The van der Waals surface area contributed by atoms with E-state index in [2.05, 4.69) is 25.4 Å². The van der Waals surface area contributed by atoms with Gasteiger partial charge in [-0.05, 0) is 46.8 Å². The van der Waals surface area contributed by atoms with Crippen LogP contribution in [-0.4, -0.2) is 79.6 Å². The minimum absolute atomic E-state index is 0.170. The highest BCUT2D eigenvalue weighted by Crippen LogP contribution is 2.49. The molecule has 13 nitrogen and oxygen atoms in total. The van der Waals surface area contributed by atoms with Crippen LogP contribution >= 0.6 is 19.3 Å². The average molecular weight is 629 g/mol. The lowest BCUT2D eigenvalue weighted by molar-refractivity contribution is -0.149. The summed E-state index contributed by atoms with van der Waals surface area (Å²) in [5.41, 5.74) is -1.20. The van der Waals surface area contributed by atoms with E-state index in [1.165, 1.54) is 30.0 Å². The number of aromatic nitrogens is 4. The van der Waals surface area contributed by atoms with Gasteiger partial charge >= 0.3 is 13.7 Å². The lowest BCUT2D eigenvalue weighted by Gasteiger charge is -2.31. The first-order valence-electron chi connectivity index (χ1n) is 13.4. The molecule has 0 saturated carbocycles. The molecule has 4 rings (SSSR count). The van der Waals surface area contributed by atoms with Gasteiger partial charge in [0.25, 0.3) is 0 Å². The topological polar surface area (TPSA) is 159 Å². The van der Waals surface area contributed by atoms with Crippen molar-refractivity contribution in [3.8, 4) is 5.75 Å². The van der Waals surface area contributed by atoms with Crippen LogP contribution in [0.4, 0.5) is 10.2 Å². The number of benzene rings is 1. The Balaban J connectivity index is 1.61. The van der Waals surface area contributed by atoms with Crippen molar-refractivity contribution in [2.45, 2.75) is 70.9 Å². The minimum Gasteiger partial charge on any atom is -0.462 e. The summed E-state index contributed by atoms with van der Waals surface area (Å²) in [6.07, 6.45) is -4.29. The summed E-state index contributed by atoms with van der Waals surface area (Å²) in [4.78, 5) is 25.5. The number of aryl methyl sites for hydroxylation is 1. The SMILES string of the molecule is CCNc1nc(C)nc2c1ncn2[C@@H]1O[C@](CCl)(CO[P@](=O)(N[C@@H](C)C(=O)OC(C)C)Oc2ccccc2)[C@@H](O)[C@H]1F. The predicted molar refractivity (Wildman–Crippen MR) is 153 cm³/mol. The van der Waals surface area contributed by atoms with Gasteiger partial charge in [0.05, 0.1) is 24.9 Å². The van der Waals surface area contributed by atoms with Crippen LogP contribution in [0.5, 0.6) is 5.75 Å². The molecule has 230 valence electrons. The normalized spacial score (nSPS) is 24.5. The summed E-state index contributed by atoms with van der Waals surface area (Å²) in [7, 11) is -4.36. The van der Waals surface area contributed by atoms with Crippen molar-refractivity contribution in [1.82, 2.24) is 24.6 Å². The maximum absolute atomic E-state index is 15.7. The highest BCUT2D eigenvalue weighted by Gasteiger charge is 2.57. The molecule has 0 bridgehead atoms. The largest absolute Gasteiger partial charge is 0.462 e. The van der Waals surface area contributed by atoms with Gasteiger partial charge in [-0.1, -0.05) is 18.2 Å². The second kappa shape index (κ2) is 13.2. The maximum Gasteiger partial charge on any atom is 0.459 e. The number of alkyl halides is 2. The summed E-state index contributed by atoms with van der Waals surface area (Å²) in [6, 6.07) is 7.00. The summed E-state index contributed by atoms with van der Waals surface area (Å²) < 4.78 is 53.6. The molecule has 1 fully saturated rings. The summed E-state index contributed by atoms with van der Waals surface area (Å²) in [6.45, 7) is 8.26. The molecular weight excluding hydrogens is 594 g/mol. The van der Waals surface area contributed by atoms with Crippen LogP contribution < -0.4 is 14.9 Å². The fraction of sp³-hybridized carbons (Fsp3) is 0.538. The molecular formula is C26H35ClFN6O7P. The Morgan fingerprint density at radius 3 is 2.64 bits per heavy atom. The molecule has 3 heterocycles. The number of nitrogens with zero attached hydrogens (tertiary/aromatic N) is 4. The Bertz CT molecular complexity index is 1430. The van der Waals surface area contributed by atoms with E-state index in [1.54, 1.807) is 39.0 Å². The Kier molecular flexibility index (Phi) is 10.1. The van der Waals surface area contributed by atoms with Gasteiger partial charge < -0.3 is 24.4 Å². The van der Waals surface area contributed by atoms with Gasteiger partial charge in [0.2, 0.25) is 0 Å². The van der Waals surface area contributed by atoms with Crippen molar-refractivity contribution < 1.29 is 37.4 Å². The molecule has 1 saturated heterocycles. The number of nitrogens with one attached hydrogen (secondary N) is 2. The van der Waals surface area contributed by atoms with E-state index >= 15 is 4.39 Å². The molecule has 6 atom stereocenters. The second-order valence-electron chi connectivity index (χ2n) is 10.1. The number of para-hydroxylation sites is 1. The van der Waals surface area contributed by atoms with Gasteiger partial charge in [-0.25, -0.2) is 23.9 Å². The smallest absolute Gasteiger partial charge is 0.459 e. The van der Waals surface area contributed by atoms with Crippen LogP contribution in [0.2, 0.25) is 0 Å². The molecule has 1 aliphatic rings. The van der Waals surface area contributed by atoms with Crippen molar-refractivity contribution in [2.75, 3.05) is 24.3 Å². The van der Waals surface area contributed by atoms with Crippen LogP contribution in [0.25, 0.3) is 11.2 Å². The molecule has 0 unspecified atom stereocenters. The van der Waals surface area contributed by atoms with E-state index < -0.39 is 62.5 Å². The number of carbonyl (C=O) groups excluding carboxylic acids is 1. The highest BCUT2D eigenvalue weighted by molar-refractivity contribution is 7.52. The zero-order valence-corrected chi connectivity index (χ0v) is 25.5. The van der Waals surface area contributed by atoms with Crippen LogP contribution in [0.15, 0.2) is 36.7 Å². The number of carbonyl (C=O) groups is 1. The Morgan fingerprint density at radius 1 is 1.29 bits per heavy atom. The summed E-state index contributed by atoms with van der Waals surface area (Å²) in [5, 5.41) is 16.7. The average Bonchev–Trinajstić information content (AvgIpc) is 3.46. The first-order valence-corrected chi connectivity index (χ1v) is 15.5. The third-order valence-corrected chi connectivity index (χ3v) is 8.43. The number of aliphatic hydroxyl groups excluding tert-OH is 1. The monoisotopic (exact) mass is 628 g/mol. The van der Waals surface area contributed by atoms with Crippen molar-refractivity contribution in [3.05, 3.63) is 42.5 Å². The van der Waals surface area contributed by atoms with Crippen molar-refractivity contribution in [3.63, 3.8) is 0 Å². The number of halogens is 2.